The van der Waals surface area contributed by atoms with E-state index in [1.165, 1.54) is 77.0 Å². The summed E-state index contributed by atoms with van der Waals surface area (Å²) < 4.78 is 11.2. The van der Waals surface area contributed by atoms with Gasteiger partial charge in [0.05, 0.1) is 0 Å². The Bertz CT molecular complexity index is 138. The Morgan fingerprint density at radius 2 is 0.895 bits per heavy atom. The van der Waals surface area contributed by atoms with Gasteiger partial charge in [0.25, 0.3) is 0 Å². The molecule has 0 saturated carbocycles. The molecule has 2 nitrogen and oxygen atoms in total. The van der Waals surface area contributed by atoms with Crippen molar-refractivity contribution in [2.24, 2.45) is 0 Å². The van der Waals surface area contributed by atoms with Crippen molar-refractivity contribution in [2.45, 2.75) is 90.9 Å². The Balaban J connectivity index is 2.88. The summed E-state index contributed by atoms with van der Waals surface area (Å²) in [5.41, 5.74) is 0. The van der Waals surface area contributed by atoms with Crippen LogP contribution in [-0.2, 0) is 6.20 Å². The zero-order chi connectivity index (χ0) is 14.0. The molecule has 0 aliphatic rings. The van der Waals surface area contributed by atoms with E-state index in [0.29, 0.717) is 0 Å². The maximum atomic E-state index is 5.59. The monoisotopic (exact) mass is 388 g/mol. The van der Waals surface area contributed by atoms with Crippen LogP contribution in [0.25, 0.3) is 0 Å². The van der Waals surface area contributed by atoms with Gasteiger partial charge in [-0.15, -0.1) is 0 Å². The zero-order valence-electron chi connectivity index (χ0n) is 13.1. The first kappa shape index (κ1) is 19.7. The van der Waals surface area contributed by atoms with Gasteiger partial charge in [0, 0.05) is 0 Å². The molecule has 3 heteroatoms. The topological polar surface area (TPSA) is 18.5 Å². The number of hydrogen-bond donors (Lipinski definition) is 0. The molecule has 0 atom stereocenters. The van der Waals surface area contributed by atoms with Crippen LogP contribution in [0.5, 0.6) is 0 Å². The quantitative estimate of drug-likeness (QED) is 0.266. The van der Waals surface area contributed by atoms with E-state index < -0.39 is 21.7 Å². The molecule has 0 bridgehead atoms. The third-order valence-corrected chi connectivity index (χ3v) is 4.76. The molecule has 0 spiro atoms. The summed E-state index contributed by atoms with van der Waals surface area (Å²) in [6.45, 7) is 6.36. The van der Waals surface area contributed by atoms with Crippen molar-refractivity contribution in [3.05, 3.63) is 0 Å². The van der Waals surface area contributed by atoms with Crippen molar-refractivity contribution < 1.29 is 6.20 Å². The molecule has 0 unspecified atom stereocenters. The first-order valence-electron chi connectivity index (χ1n) is 8.32. The predicted octanol–water partition coefficient (Wildman–Crippen LogP) is 5.27. The van der Waals surface area contributed by atoms with Crippen LogP contribution in [0.2, 0.25) is 0 Å². The first-order valence-corrected chi connectivity index (χ1v) is 10.2. The molecule has 0 N–H and O–H groups in total. The fraction of sp³-hybridized carbons (Fsp3) is 1.00. The Hall–Kier alpha value is 0.710. The number of unbranched alkanes of at least 4 members (excludes halogenated alkanes) is 10. The summed E-state index contributed by atoms with van der Waals surface area (Å²) in [5.74, 6) is 0. The van der Waals surface area contributed by atoms with E-state index in [4.69, 9.17) is 6.20 Å². The molecule has 0 amide bonds. The van der Waals surface area contributed by atoms with Crippen molar-refractivity contribution in [1.82, 2.24) is 0 Å². The van der Waals surface area contributed by atoms with Crippen molar-refractivity contribution >= 4 is 21.7 Å². The fourth-order valence-corrected chi connectivity index (χ4v) is 3.24. The second-order valence-electron chi connectivity index (χ2n) is 5.25. The molecule has 0 aliphatic carbocycles. The molecule has 0 rings (SSSR count). The summed E-state index contributed by atoms with van der Waals surface area (Å²) >= 11 is -0.602. The SMILES string of the molecule is CCCCCCCCO[Te]OCCCCCCCC. The third kappa shape index (κ3) is 18.7. The number of hydrogen-bond acceptors (Lipinski definition) is 2. The van der Waals surface area contributed by atoms with Crippen LogP contribution in [0, 0.1) is 0 Å². The average molecular weight is 386 g/mol. The normalized spacial score (nSPS) is 11.1. The van der Waals surface area contributed by atoms with Crippen LogP contribution in [0.4, 0.5) is 0 Å². The van der Waals surface area contributed by atoms with Crippen molar-refractivity contribution in [3.63, 3.8) is 0 Å². The van der Waals surface area contributed by atoms with Crippen molar-refractivity contribution in [3.8, 4) is 0 Å². The minimum atomic E-state index is -0.602. The maximum absolute atomic E-state index is 5.59. The van der Waals surface area contributed by atoms with Gasteiger partial charge in [-0.1, -0.05) is 0 Å². The van der Waals surface area contributed by atoms with E-state index in [2.05, 4.69) is 13.8 Å². The molecular weight excluding hydrogens is 352 g/mol. The molecule has 0 saturated heterocycles. The van der Waals surface area contributed by atoms with Gasteiger partial charge in [-0.05, 0) is 0 Å². The molecule has 0 radical (unpaired) electrons. The van der Waals surface area contributed by atoms with E-state index in [0.717, 1.165) is 13.2 Å². The third-order valence-electron chi connectivity index (χ3n) is 3.26. The van der Waals surface area contributed by atoms with Gasteiger partial charge in [0.15, 0.2) is 0 Å². The van der Waals surface area contributed by atoms with Gasteiger partial charge in [-0.3, -0.25) is 0 Å². The van der Waals surface area contributed by atoms with E-state index in [1.807, 2.05) is 0 Å². The molecule has 0 heterocycles. The number of rotatable bonds is 16. The summed E-state index contributed by atoms with van der Waals surface area (Å²) in [5, 5.41) is 0. The molecule has 0 aromatic carbocycles. The second-order valence-corrected chi connectivity index (χ2v) is 6.98. The molecule has 19 heavy (non-hydrogen) atoms. The van der Waals surface area contributed by atoms with Crippen LogP contribution in [0.3, 0.4) is 0 Å². The van der Waals surface area contributed by atoms with Gasteiger partial charge in [-0.2, -0.15) is 0 Å². The van der Waals surface area contributed by atoms with Crippen molar-refractivity contribution in [1.29, 1.82) is 0 Å². The van der Waals surface area contributed by atoms with Crippen LogP contribution in [-0.4, -0.2) is 35.0 Å². The average Bonchev–Trinajstić information content (AvgIpc) is 2.43. The first-order chi connectivity index (χ1) is 9.41. The molecule has 116 valence electrons. The molecule has 0 aliphatic heterocycles. The standard InChI is InChI=1S/C16H34O2Te/c1-3-5-7-9-11-13-15-17-19-18-16-14-12-10-8-6-4-2/h3-16H2,1-2H3. The second kappa shape index (κ2) is 18.7. The van der Waals surface area contributed by atoms with Crippen LogP contribution in [0.15, 0.2) is 0 Å². The minimum absolute atomic E-state index is 0.602. The van der Waals surface area contributed by atoms with E-state index in [1.54, 1.807) is 0 Å². The molecule has 0 fully saturated rings. The Morgan fingerprint density at radius 1 is 0.526 bits per heavy atom. The van der Waals surface area contributed by atoms with E-state index in [9.17, 15) is 0 Å². The summed E-state index contributed by atoms with van der Waals surface area (Å²) in [6, 6.07) is 0. The van der Waals surface area contributed by atoms with Gasteiger partial charge in [0.1, 0.15) is 0 Å². The van der Waals surface area contributed by atoms with Crippen LogP contribution in [0.1, 0.15) is 90.9 Å². The fourth-order valence-electron chi connectivity index (χ4n) is 1.98. The van der Waals surface area contributed by atoms with Crippen LogP contribution < -0.4 is 0 Å². The Morgan fingerprint density at radius 3 is 1.32 bits per heavy atom. The molecular formula is C16H34O2Te. The van der Waals surface area contributed by atoms with Gasteiger partial charge in [-0.25, -0.2) is 0 Å². The molecule has 0 aromatic rings. The van der Waals surface area contributed by atoms with Crippen molar-refractivity contribution in [2.75, 3.05) is 13.2 Å². The summed E-state index contributed by atoms with van der Waals surface area (Å²) in [6.07, 6.45) is 16.0. The summed E-state index contributed by atoms with van der Waals surface area (Å²) in [4.78, 5) is 0. The predicted molar refractivity (Wildman–Crippen MR) is 84.4 cm³/mol. The molecule has 0 aromatic heterocycles. The van der Waals surface area contributed by atoms with Gasteiger partial charge < -0.3 is 0 Å². The Kier molecular flexibility index (Phi) is 19.4. The van der Waals surface area contributed by atoms with Gasteiger partial charge in [0.2, 0.25) is 0 Å². The van der Waals surface area contributed by atoms with E-state index in [-0.39, 0.29) is 0 Å². The summed E-state index contributed by atoms with van der Waals surface area (Å²) in [7, 11) is 0. The Labute approximate surface area is 132 Å². The van der Waals surface area contributed by atoms with E-state index >= 15 is 0 Å². The van der Waals surface area contributed by atoms with Gasteiger partial charge >= 0.3 is 132 Å². The zero-order valence-corrected chi connectivity index (χ0v) is 15.5. The van der Waals surface area contributed by atoms with Crippen LogP contribution >= 0.6 is 0 Å².